The van der Waals surface area contributed by atoms with Crippen molar-refractivity contribution in [1.29, 1.82) is 0 Å². The maximum atomic E-state index is 3.95. The van der Waals surface area contributed by atoms with Gasteiger partial charge in [-0.1, -0.05) is 30.4 Å². The van der Waals surface area contributed by atoms with Gasteiger partial charge in [-0.3, -0.25) is 0 Å². The molecule has 1 aliphatic rings. The van der Waals surface area contributed by atoms with Crippen LogP contribution < -0.4 is 5.32 Å². The SMILES string of the molecule is C=C/C(CC(=C)C)=C(/C)[C@H]1C[C@@H]1NC. The quantitative estimate of drug-likeness (QED) is 0.520. The summed E-state index contributed by atoms with van der Waals surface area (Å²) < 4.78 is 0. The minimum atomic E-state index is 0.690. The van der Waals surface area contributed by atoms with E-state index in [1.165, 1.54) is 23.1 Å². The van der Waals surface area contributed by atoms with Gasteiger partial charge >= 0.3 is 0 Å². The number of hydrogen-bond donors (Lipinski definition) is 1. The van der Waals surface area contributed by atoms with Crippen molar-refractivity contribution in [3.63, 3.8) is 0 Å². The van der Waals surface area contributed by atoms with Gasteiger partial charge in [0.25, 0.3) is 0 Å². The van der Waals surface area contributed by atoms with Crippen molar-refractivity contribution in [3.05, 3.63) is 36.0 Å². The molecule has 0 bridgehead atoms. The number of allylic oxidation sites excluding steroid dienone is 3. The highest BCUT2D eigenvalue weighted by molar-refractivity contribution is 5.32. The van der Waals surface area contributed by atoms with Crippen LogP contribution in [0.5, 0.6) is 0 Å². The minimum absolute atomic E-state index is 0.690. The van der Waals surface area contributed by atoms with Gasteiger partial charge in [0.1, 0.15) is 0 Å². The van der Waals surface area contributed by atoms with Gasteiger partial charge in [0.05, 0.1) is 0 Å². The highest BCUT2D eigenvalue weighted by atomic mass is 14.9. The molecule has 0 amide bonds. The fourth-order valence-corrected chi connectivity index (χ4v) is 1.93. The van der Waals surface area contributed by atoms with Gasteiger partial charge in [-0.2, -0.15) is 0 Å². The number of nitrogens with one attached hydrogen (secondary N) is 1. The number of hydrogen-bond acceptors (Lipinski definition) is 1. The van der Waals surface area contributed by atoms with Gasteiger partial charge in [-0.05, 0) is 45.2 Å². The van der Waals surface area contributed by atoms with E-state index in [1.807, 2.05) is 13.1 Å². The smallest absolute Gasteiger partial charge is 0.0136 e. The molecule has 1 nitrogen and oxygen atoms in total. The molecule has 78 valence electrons. The van der Waals surface area contributed by atoms with Gasteiger partial charge in [-0.25, -0.2) is 0 Å². The second kappa shape index (κ2) is 4.61. The Labute approximate surface area is 87.6 Å². The summed E-state index contributed by atoms with van der Waals surface area (Å²) in [5.41, 5.74) is 4.06. The molecule has 0 aromatic carbocycles. The summed E-state index contributed by atoms with van der Waals surface area (Å²) in [5.74, 6) is 0.729. The topological polar surface area (TPSA) is 12.0 Å². The van der Waals surface area contributed by atoms with E-state index in [9.17, 15) is 0 Å². The third-order valence-corrected chi connectivity index (χ3v) is 2.96. The zero-order chi connectivity index (χ0) is 10.7. The molecule has 0 aromatic rings. The summed E-state index contributed by atoms with van der Waals surface area (Å²) >= 11 is 0. The highest BCUT2D eigenvalue weighted by Gasteiger charge is 2.37. The van der Waals surface area contributed by atoms with Crippen LogP contribution in [-0.4, -0.2) is 13.1 Å². The fraction of sp³-hybridized carbons (Fsp3) is 0.538. The Morgan fingerprint density at radius 3 is 2.50 bits per heavy atom. The van der Waals surface area contributed by atoms with Crippen LogP contribution in [0.2, 0.25) is 0 Å². The van der Waals surface area contributed by atoms with Crippen LogP contribution in [0.3, 0.4) is 0 Å². The van der Waals surface area contributed by atoms with Crippen molar-refractivity contribution >= 4 is 0 Å². The Morgan fingerprint density at radius 2 is 2.14 bits per heavy atom. The summed E-state index contributed by atoms with van der Waals surface area (Å²) in [6.45, 7) is 12.1. The van der Waals surface area contributed by atoms with Crippen LogP contribution in [0.4, 0.5) is 0 Å². The molecule has 2 atom stereocenters. The van der Waals surface area contributed by atoms with Crippen molar-refractivity contribution in [2.75, 3.05) is 7.05 Å². The molecule has 14 heavy (non-hydrogen) atoms. The van der Waals surface area contributed by atoms with Crippen molar-refractivity contribution in [1.82, 2.24) is 5.32 Å². The summed E-state index contributed by atoms with van der Waals surface area (Å²) in [6, 6.07) is 0.690. The van der Waals surface area contributed by atoms with E-state index < -0.39 is 0 Å². The second-order valence-corrected chi connectivity index (χ2v) is 4.28. The van der Waals surface area contributed by atoms with Crippen LogP contribution in [0.1, 0.15) is 26.7 Å². The maximum absolute atomic E-state index is 3.95. The first-order chi connectivity index (χ1) is 6.60. The van der Waals surface area contributed by atoms with Crippen molar-refractivity contribution in [2.24, 2.45) is 5.92 Å². The second-order valence-electron chi connectivity index (χ2n) is 4.28. The molecule has 1 saturated carbocycles. The third kappa shape index (κ3) is 2.58. The molecule has 0 heterocycles. The Balaban J connectivity index is 2.69. The lowest BCUT2D eigenvalue weighted by atomic mass is 9.99. The van der Waals surface area contributed by atoms with Crippen LogP contribution >= 0.6 is 0 Å². The molecular formula is C13H21N. The summed E-state index contributed by atoms with van der Waals surface area (Å²) in [5, 5.41) is 3.31. The fourth-order valence-electron chi connectivity index (χ4n) is 1.93. The molecule has 1 aliphatic carbocycles. The average Bonchev–Trinajstić information content (AvgIpc) is 2.91. The minimum Gasteiger partial charge on any atom is -0.316 e. The van der Waals surface area contributed by atoms with E-state index in [1.54, 1.807) is 0 Å². The zero-order valence-electron chi connectivity index (χ0n) is 9.56. The maximum Gasteiger partial charge on any atom is 0.0136 e. The predicted octanol–water partition coefficient (Wildman–Crippen LogP) is 3.06. The Bertz CT molecular complexity index is 273. The van der Waals surface area contributed by atoms with Crippen molar-refractivity contribution in [3.8, 4) is 0 Å². The molecule has 0 aliphatic heterocycles. The highest BCUT2D eigenvalue weighted by Crippen LogP contribution is 2.39. The van der Waals surface area contributed by atoms with Gasteiger partial charge in [0.15, 0.2) is 0 Å². The van der Waals surface area contributed by atoms with Gasteiger partial charge < -0.3 is 5.32 Å². The summed E-state index contributed by atoms with van der Waals surface area (Å²) in [4.78, 5) is 0. The lowest BCUT2D eigenvalue weighted by Gasteiger charge is -2.08. The van der Waals surface area contributed by atoms with E-state index in [4.69, 9.17) is 0 Å². The molecule has 0 radical (unpaired) electrons. The lowest BCUT2D eigenvalue weighted by Crippen LogP contribution is -2.11. The third-order valence-electron chi connectivity index (χ3n) is 2.96. The largest absolute Gasteiger partial charge is 0.316 e. The van der Waals surface area contributed by atoms with Crippen LogP contribution in [0.15, 0.2) is 36.0 Å². The predicted molar refractivity (Wildman–Crippen MR) is 63.3 cm³/mol. The average molecular weight is 191 g/mol. The van der Waals surface area contributed by atoms with Gasteiger partial charge in [0.2, 0.25) is 0 Å². The molecule has 1 heteroatoms. The molecular weight excluding hydrogens is 170 g/mol. The molecule has 1 fully saturated rings. The van der Waals surface area contributed by atoms with E-state index in [0.717, 1.165) is 12.3 Å². The van der Waals surface area contributed by atoms with E-state index in [-0.39, 0.29) is 0 Å². The monoisotopic (exact) mass is 191 g/mol. The summed E-state index contributed by atoms with van der Waals surface area (Å²) in [6.07, 6.45) is 4.23. The first-order valence-corrected chi connectivity index (χ1v) is 5.23. The van der Waals surface area contributed by atoms with E-state index in [0.29, 0.717) is 6.04 Å². The van der Waals surface area contributed by atoms with E-state index >= 15 is 0 Å². The zero-order valence-corrected chi connectivity index (χ0v) is 9.56. The van der Waals surface area contributed by atoms with Gasteiger partial charge in [-0.15, -0.1) is 0 Å². The van der Waals surface area contributed by atoms with Gasteiger partial charge in [0, 0.05) is 6.04 Å². The van der Waals surface area contributed by atoms with Crippen LogP contribution in [0.25, 0.3) is 0 Å². The Hall–Kier alpha value is -0.820. The van der Waals surface area contributed by atoms with Crippen molar-refractivity contribution in [2.45, 2.75) is 32.7 Å². The normalized spacial score (nSPS) is 26.8. The summed E-state index contributed by atoms with van der Waals surface area (Å²) in [7, 11) is 2.03. The molecule has 1 N–H and O–H groups in total. The molecule has 1 rings (SSSR count). The van der Waals surface area contributed by atoms with Crippen LogP contribution in [-0.2, 0) is 0 Å². The first-order valence-electron chi connectivity index (χ1n) is 5.23. The first kappa shape index (κ1) is 11.3. The van der Waals surface area contributed by atoms with Crippen LogP contribution in [0, 0.1) is 5.92 Å². The molecule has 0 spiro atoms. The Kier molecular flexibility index (Phi) is 3.70. The lowest BCUT2D eigenvalue weighted by molar-refractivity contribution is 0.754. The number of rotatable bonds is 5. The van der Waals surface area contributed by atoms with E-state index in [2.05, 4.69) is 32.3 Å². The molecule has 0 aromatic heterocycles. The Morgan fingerprint density at radius 1 is 1.50 bits per heavy atom. The van der Waals surface area contributed by atoms with Crippen molar-refractivity contribution < 1.29 is 0 Å². The molecule has 0 saturated heterocycles. The molecule has 0 unspecified atom stereocenters. The standard InChI is InChI=1S/C13H21N/c1-6-11(7-9(2)3)10(4)12-8-13(12)14-5/h6,12-14H,1-2,7-8H2,3-5H3/b11-10+/t12-,13+/m1/s1.